The Morgan fingerprint density at radius 3 is 2.21 bits per heavy atom. The lowest BCUT2D eigenvalue weighted by atomic mass is 9.92. The van der Waals surface area contributed by atoms with Crippen LogP contribution in [0.5, 0.6) is 0 Å². The Balaban J connectivity index is 0.741. The number of benzene rings is 2. The summed E-state index contributed by atoms with van der Waals surface area (Å²) in [7, 11) is 1.77. The molecule has 66 heavy (non-hydrogen) atoms. The van der Waals surface area contributed by atoms with Crippen molar-refractivity contribution in [3.05, 3.63) is 81.3 Å². The highest BCUT2D eigenvalue weighted by Crippen LogP contribution is 2.44. The summed E-state index contributed by atoms with van der Waals surface area (Å²) in [6.07, 6.45) is 7.57. The predicted octanol–water partition coefficient (Wildman–Crippen LogP) is 5.35. The fraction of sp³-hybridized carbons (Fsp3) is 0.500. The number of nitrogens with zero attached hydrogens (tertiary/aromatic N) is 9. The number of aryl methyl sites for hydroxylation is 2. The molecule has 6 amide bonds. The monoisotopic (exact) mass is 904 g/mol. The smallest absolute Gasteiger partial charge is 0.264 e. The van der Waals surface area contributed by atoms with E-state index in [1.165, 1.54) is 0 Å². The van der Waals surface area contributed by atoms with Gasteiger partial charge in [0.1, 0.15) is 6.04 Å². The number of halogens is 2. The number of carbonyl (C=O) groups is 6. The average molecular weight is 905 g/mol. The molecule has 6 aliphatic heterocycles. The van der Waals surface area contributed by atoms with Gasteiger partial charge in [0.05, 0.1) is 29.9 Å². The first-order valence-electron chi connectivity index (χ1n) is 23.3. The molecular formula is C48H54F2N10O6. The van der Waals surface area contributed by atoms with Crippen molar-refractivity contribution in [1.29, 1.82) is 0 Å². The van der Waals surface area contributed by atoms with Crippen molar-refractivity contribution in [1.82, 2.24) is 44.5 Å². The number of rotatable bonds is 11. The van der Waals surface area contributed by atoms with E-state index in [0.717, 1.165) is 95.8 Å². The van der Waals surface area contributed by atoms with E-state index in [1.54, 1.807) is 49.2 Å². The summed E-state index contributed by atoms with van der Waals surface area (Å²) in [5, 5.41) is 11.7. The van der Waals surface area contributed by atoms with Crippen molar-refractivity contribution in [3.8, 4) is 11.1 Å². The first kappa shape index (κ1) is 43.6. The van der Waals surface area contributed by atoms with Gasteiger partial charge in [-0.25, -0.2) is 8.78 Å². The number of nitrogens with one attached hydrogen (secondary N) is 1. The zero-order valence-electron chi connectivity index (χ0n) is 37.4. The van der Waals surface area contributed by atoms with Crippen LogP contribution in [0.4, 0.5) is 20.3 Å². The molecule has 346 valence electrons. The molecule has 0 bridgehead atoms. The third kappa shape index (κ3) is 7.96. The van der Waals surface area contributed by atoms with Gasteiger partial charge in [-0.1, -0.05) is 6.42 Å². The Bertz CT molecular complexity index is 2620. The van der Waals surface area contributed by atoms with Gasteiger partial charge in [0, 0.05) is 107 Å². The molecule has 4 aromatic rings. The first-order chi connectivity index (χ1) is 31.8. The Labute approximate surface area is 380 Å². The molecule has 1 N–H and O–H groups in total. The molecule has 10 rings (SSSR count). The summed E-state index contributed by atoms with van der Waals surface area (Å²) >= 11 is 0. The van der Waals surface area contributed by atoms with Gasteiger partial charge in [-0.2, -0.15) is 10.2 Å². The maximum Gasteiger partial charge on any atom is 0.264 e. The van der Waals surface area contributed by atoms with Gasteiger partial charge in [0.25, 0.3) is 18.2 Å². The van der Waals surface area contributed by atoms with Crippen LogP contribution < -0.4 is 10.2 Å². The molecular weight excluding hydrogens is 851 g/mol. The van der Waals surface area contributed by atoms with Crippen molar-refractivity contribution in [2.24, 2.45) is 7.05 Å². The van der Waals surface area contributed by atoms with Gasteiger partial charge < -0.3 is 14.7 Å². The minimum Gasteiger partial charge on any atom is -0.343 e. The Morgan fingerprint density at radius 2 is 1.55 bits per heavy atom. The highest BCUT2D eigenvalue weighted by Gasteiger charge is 2.45. The minimum atomic E-state index is -2.69. The van der Waals surface area contributed by atoms with Crippen LogP contribution in [0.2, 0.25) is 0 Å². The normalized spacial score (nSPS) is 20.0. The minimum absolute atomic E-state index is 0.0175. The molecule has 2 saturated heterocycles. The van der Waals surface area contributed by atoms with Crippen molar-refractivity contribution in [3.63, 3.8) is 0 Å². The third-order valence-corrected chi connectivity index (χ3v) is 14.5. The molecule has 0 saturated carbocycles. The number of piperidine rings is 2. The van der Waals surface area contributed by atoms with Gasteiger partial charge in [-0.15, -0.1) is 0 Å². The van der Waals surface area contributed by atoms with Crippen molar-refractivity contribution in [2.75, 3.05) is 37.6 Å². The molecule has 18 heteroatoms. The van der Waals surface area contributed by atoms with Crippen LogP contribution in [-0.4, -0.2) is 113 Å². The van der Waals surface area contributed by atoms with Crippen molar-refractivity contribution < 1.29 is 37.5 Å². The molecule has 8 heterocycles. The van der Waals surface area contributed by atoms with E-state index in [9.17, 15) is 37.5 Å². The number of hydrogen-bond acceptors (Lipinski definition) is 10. The second-order valence-electron chi connectivity index (χ2n) is 18.7. The van der Waals surface area contributed by atoms with E-state index in [4.69, 9.17) is 5.10 Å². The fourth-order valence-electron chi connectivity index (χ4n) is 11.0. The number of hydrogen-bond donors (Lipinski definition) is 1. The predicted molar refractivity (Wildman–Crippen MR) is 236 cm³/mol. The molecule has 0 radical (unpaired) electrons. The van der Waals surface area contributed by atoms with Gasteiger partial charge >= 0.3 is 0 Å². The van der Waals surface area contributed by atoms with Gasteiger partial charge in [-0.3, -0.25) is 53.2 Å². The maximum absolute atomic E-state index is 14.7. The standard InChI is InChI=1S/C48H54F2N10O6/c1-28(61)57-18-13-39-38(27-57)45(58-15-6-7-29-19-34(32-23-51-54(2)24-32)35(44(49)50)22-41(29)58)53-60(39)33-11-16-56(17-12-33)43(63)8-4-3-5-14-55-25-30-20-36-37(21-31(30)26-55)48(66)59(47(36)65)40-9-10-42(62)52-46(40)64/h19-24,33,40,44H,3-18,25-27H2,1-2H3,(H,52,62,64). The van der Waals surface area contributed by atoms with Crippen LogP contribution in [0.3, 0.4) is 0 Å². The van der Waals surface area contributed by atoms with Crippen molar-refractivity contribution >= 4 is 46.9 Å². The Hall–Kier alpha value is -6.30. The Morgan fingerprint density at radius 1 is 0.818 bits per heavy atom. The van der Waals surface area contributed by atoms with Gasteiger partial charge in [-0.05, 0) is 98.0 Å². The average Bonchev–Trinajstić information content (AvgIpc) is 4.08. The number of likely N-dealkylation sites (tertiary alicyclic amines) is 1. The summed E-state index contributed by atoms with van der Waals surface area (Å²) in [5.41, 5.74) is 7.39. The van der Waals surface area contributed by atoms with E-state index in [0.29, 0.717) is 80.9 Å². The summed E-state index contributed by atoms with van der Waals surface area (Å²) < 4.78 is 33.2. The highest BCUT2D eigenvalue weighted by molar-refractivity contribution is 6.23. The molecule has 1 unspecified atom stereocenters. The molecule has 0 spiro atoms. The summed E-state index contributed by atoms with van der Waals surface area (Å²) in [6.45, 7) is 6.49. The second-order valence-corrected chi connectivity index (χ2v) is 18.7. The zero-order valence-corrected chi connectivity index (χ0v) is 37.4. The largest absolute Gasteiger partial charge is 0.343 e. The summed E-state index contributed by atoms with van der Waals surface area (Å²) in [4.78, 5) is 85.9. The van der Waals surface area contributed by atoms with Crippen molar-refractivity contribution in [2.45, 2.75) is 116 Å². The van der Waals surface area contributed by atoms with Crippen LogP contribution >= 0.6 is 0 Å². The quantitative estimate of drug-likeness (QED) is 0.153. The first-order valence-corrected chi connectivity index (χ1v) is 23.3. The molecule has 2 fully saturated rings. The lowest BCUT2D eigenvalue weighted by Crippen LogP contribution is -2.54. The molecule has 0 aliphatic carbocycles. The van der Waals surface area contributed by atoms with Gasteiger partial charge in [0.2, 0.25) is 23.6 Å². The van der Waals surface area contributed by atoms with Crippen LogP contribution in [0.1, 0.15) is 131 Å². The summed E-state index contributed by atoms with van der Waals surface area (Å²) in [6, 6.07) is 6.13. The third-order valence-electron chi connectivity index (χ3n) is 14.5. The van der Waals surface area contributed by atoms with Gasteiger partial charge in [0.15, 0.2) is 5.82 Å². The van der Waals surface area contributed by atoms with E-state index < -0.39 is 36.1 Å². The van der Waals surface area contributed by atoms with Crippen LogP contribution in [0.25, 0.3) is 11.1 Å². The lowest BCUT2D eigenvalue weighted by molar-refractivity contribution is -0.136. The van der Waals surface area contributed by atoms with E-state index in [-0.39, 0.29) is 36.3 Å². The van der Waals surface area contributed by atoms with Crippen LogP contribution in [0.15, 0.2) is 36.7 Å². The lowest BCUT2D eigenvalue weighted by Gasteiger charge is -2.34. The topological polar surface area (TPSA) is 166 Å². The SMILES string of the molecule is CC(=O)N1CCc2c(c(N3CCCc4cc(-c5cnn(C)c5)c(C(F)F)cc43)nn2C2CCN(C(=O)CCCCCN3Cc4cc5c(cc4C3)C(=O)N(C3CCC(=O)NC3=O)C5=O)CC2)C1. The number of aromatic nitrogens is 4. The van der Waals surface area contributed by atoms with E-state index in [1.807, 2.05) is 15.9 Å². The van der Waals surface area contributed by atoms with E-state index >= 15 is 0 Å². The number of amides is 6. The summed E-state index contributed by atoms with van der Waals surface area (Å²) in [5.74, 6) is -1.18. The molecule has 1 atom stereocenters. The number of alkyl halides is 2. The molecule has 16 nitrogen and oxygen atoms in total. The second kappa shape index (κ2) is 17.5. The molecule has 2 aromatic carbocycles. The number of imide groups is 2. The van der Waals surface area contributed by atoms with Crippen LogP contribution in [0, 0.1) is 0 Å². The van der Waals surface area contributed by atoms with E-state index in [2.05, 4.69) is 24.9 Å². The highest BCUT2D eigenvalue weighted by atomic mass is 19.3. The molecule has 6 aliphatic rings. The number of fused-ring (bicyclic) bond motifs is 4. The molecule has 2 aromatic heterocycles. The Kier molecular flexibility index (Phi) is 11.6. The number of anilines is 2. The van der Waals surface area contributed by atoms with Crippen LogP contribution in [-0.2, 0) is 58.7 Å². The fourth-order valence-corrected chi connectivity index (χ4v) is 11.0. The maximum atomic E-state index is 14.7. The number of unbranched alkanes of at least 4 members (excludes halogenated alkanes) is 2. The number of carbonyl (C=O) groups excluding carboxylic acids is 6. The zero-order chi connectivity index (χ0) is 46.0.